The summed E-state index contributed by atoms with van der Waals surface area (Å²) in [6.45, 7) is 2.96. The quantitative estimate of drug-likeness (QED) is 0.593. The van der Waals surface area contributed by atoms with Crippen LogP contribution in [0.5, 0.6) is 0 Å². The lowest BCUT2D eigenvalue weighted by Crippen LogP contribution is -2.47. The largest absolute Gasteiger partial charge is 0.359 e. The third-order valence-corrected chi connectivity index (χ3v) is 5.96. The van der Waals surface area contributed by atoms with Crippen molar-refractivity contribution < 1.29 is 8.42 Å². The van der Waals surface area contributed by atoms with E-state index in [1.54, 1.807) is 30.5 Å². The molecule has 0 unspecified atom stereocenters. The number of hydrogen-bond donors (Lipinski definition) is 2. The molecule has 1 heterocycles. The number of likely N-dealkylation sites (N-methyl/N-ethyl adjacent to an activating group) is 1. The molecule has 2 rings (SSSR count). The van der Waals surface area contributed by atoms with E-state index >= 15 is 0 Å². The van der Waals surface area contributed by atoms with Crippen LogP contribution < -0.4 is 10.6 Å². The van der Waals surface area contributed by atoms with Crippen LogP contribution in [0.1, 0.15) is 5.56 Å². The Hall–Kier alpha value is -1.64. The molecule has 8 heteroatoms. The second-order valence-corrected chi connectivity index (χ2v) is 7.40. The van der Waals surface area contributed by atoms with E-state index in [1.807, 2.05) is 19.2 Å². The summed E-state index contributed by atoms with van der Waals surface area (Å²) in [6, 6.07) is 7.12. The molecule has 1 aromatic carbocycles. The molecule has 0 saturated carbocycles. The van der Waals surface area contributed by atoms with Gasteiger partial charge in [-0.25, -0.2) is 8.42 Å². The summed E-state index contributed by atoms with van der Waals surface area (Å²) >= 11 is 0. The summed E-state index contributed by atoms with van der Waals surface area (Å²) in [6.07, 6.45) is 0. The maximum atomic E-state index is 12.9. The average Bonchev–Trinajstić information content (AvgIpc) is 2.56. The topological polar surface area (TPSA) is 77.0 Å². The molecule has 1 aliphatic rings. The number of benzene rings is 1. The average molecular weight is 339 g/mol. The second-order valence-electron chi connectivity index (χ2n) is 5.49. The van der Waals surface area contributed by atoms with Crippen LogP contribution in [0.4, 0.5) is 0 Å². The highest BCUT2D eigenvalue weighted by molar-refractivity contribution is 7.89. The van der Waals surface area contributed by atoms with Gasteiger partial charge >= 0.3 is 0 Å². The summed E-state index contributed by atoms with van der Waals surface area (Å²) in [5, 5.41) is 6.03. The van der Waals surface area contributed by atoms with E-state index in [1.165, 1.54) is 0 Å². The standard InChI is InChI=1S/C15H25N5O2S/c1-16-15(17-2)18-12-13-6-4-5-7-14(13)23(21,22)20-10-8-19(3)9-11-20/h4-7H,8-12H2,1-3H3,(H2,16,17,18). The summed E-state index contributed by atoms with van der Waals surface area (Å²) < 4.78 is 27.4. The van der Waals surface area contributed by atoms with Crippen LogP contribution in [0.3, 0.4) is 0 Å². The van der Waals surface area contributed by atoms with Gasteiger partial charge in [0, 0.05) is 46.8 Å². The molecule has 1 aliphatic heterocycles. The van der Waals surface area contributed by atoms with E-state index in [0.717, 1.165) is 18.7 Å². The van der Waals surface area contributed by atoms with Gasteiger partial charge in [-0.05, 0) is 18.7 Å². The fraction of sp³-hybridized carbons (Fsp3) is 0.533. The smallest absolute Gasteiger partial charge is 0.243 e. The monoisotopic (exact) mass is 339 g/mol. The molecule has 23 heavy (non-hydrogen) atoms. The second kappa shape index (κ2) is 7.76. The Morgan fingerprint density at radius 1 is 1.22 bits per heavy atom. The zero-order valence-electron chi connectivity index (χ0n) is 13.9. The minimum atomic E-state index is -3.47. The van der Waals surface area contributed by atoms with Crippen molar-refractivity contribution in [1.29, 1.82) is 0 Å². The van der Waals surface area contributed by atoms with Crippen LogP contribution >= 0.6 is 0 Å². The van der Waals surface area contributed by atoms with Crippen molar-refractivity contribution in [3.63, 3.8) is 0 Å². The lowest BCUT2D eigenvalue weighted by Gasteiger charge is -2.32. The van der Waals surface area contributed by atoms with Gasteiger partial charge < -0.3 is 15.5 Å². The number of nitrogens with zero attached hydrogens (tertiary/aromatic N) is 3. The molecule has 1 saturated heterocycles. The number of guanidine groups is 1. The minimum Gasteiger partial charge on any atom is -0.359 e. The molecule has 0 amide bonds. The number of rotatable bonds is 4. The molecule has 0 radical (unpaired) electrons. The van der Waals surface area contributed by atoms with Gasteiger partial charge in [-0.3, -0.25) is 4.99 Å². The van der Waals surface area contributed by atoms with Crippen molar-refractivity contribution in [3.8, 4) is 0 Å². The third-order valence-electron chi connectivity index (χ3n) is 3.96. The molecule has 7 nitrogen and oxygen atoms in total. The van der Waals surface area contributed by atoms with Crippen molar-refractivity contribution in [2.75, 3.05) is 47.3 Å². The summed E-state index contributed by atoms with van der Waals surface area (Å²) in [5.41, 5.74) is 0.739. The molecule has 0 aliphatic carbocycles. The molecule has 0 aromatic heterocycles. The van der Waals surface area contributed by atoms with Crippen LogP contribution in [0.2, 0.25) is 0 Å². The number of nitrogens with one attached hydrogen (secondary N) is 2. The maximum Gasteiger partial charge on any atom is 0.243 e. The van der Waals surface area contributed by atoms with Gasteiger partial charge in [0.1, 0.15) is 0 Å². The summed E-state index contributed by atoms with van der Waals surface area (Å²) in [7, 11) is 1.97. The Morgan fingerprint density at radius 3 is 2.48 bits per heavy atom. The van der Waals surface area contributed by atoms with Crippen LogP contribution in [0.15, 0.2) is 34.2 Å². The van der Waals surface area contributed by atoms with Crippen molar-refractivity contribution in [2.24, 2.45) is 4.99 Å². The van der Waals surface area contributed by atoms with E-state index in [0.29, 0.717) is 30.5 Å². The van der Waals surface area contributed by atoms with Crippen LogP contribution in [-0.2, 0) is 16.6 Å². The highest BCUT2D eigenvalue weighted by Gasteiger charge is 2.29. The van der Waals surface area contributed by atoms with Crippen LogP contribution in [0.25, 0.3) is 0 Å². The van der Waals surface area contributed by atoms with E-state index in [9.17, 15) is 8.42 Å². The van der Waals surface area contributed by atoms with Gasteiger partial charge in [0.25, 0.3) is 0 Å². The van der Waals surface area contributed by atoms with Crippen LogP contribution in [-0.4, -0.2) is 70.9 Å². The summed E-state index contributed by atoms with van der Waals surface area (Å²) in [5.74, 6) is 0.622. The first kappa shape index (κ1) is 17.7. The van der Waals surface area contributed by atoms with Gasteiger partial charge in [-0.1, -0.05) is 18.2 Å². The van der Waals surface area contributed by atoms with Gasteiger partial charge in [0.15, 0.2) is 5.96 Å². The minimum absolute atomic E-state index is 0.364. The predicted octanol–water partition coefficient (Wildman–Crippen LogP) is -0.0825. The lowest BCUT2D eigenvalue weighted by atomic mass is 10.2. The fourth-order valence-electron chi connectivity index (χ4n) is 2.53. The van der Waals surface area contributed by atoms with Crippen molar-refractivity contribution in [3.05, 3.63) is 29.8 Å². The Labute approximate surface area is 138 Å². The number of aliphatic imine (C=N–C) groups is 1. The molecular weight excluding hydrogens is 314 g/mol. The van der Waals surface area contributed by atoms with Gasteiger partial charge in [-0.2, -0.15) is 4.31 Å². The van der Waals surface area contributed by atoms with Crippen molar-refractivity contribution >= 4 is 16.0 Å². The van der Waals surface area contributed by atoms with Gasteiger partial charge in [0.05, 0.1) is 4.90 Å². The van der Waals surface area contributed by atoms with E-state index in [2.05, 4.69) is 20.5 Å². The molecule has 1 aromatic rings. The molecule has 2 N–H and O–H groups in total. The Kier molecular flexibility index (Phi) is 5.97. The van der Waals surface area contributed by atoms with E-state index in [4.69, 9.17) is 0 Å². The molecule has 0 atom stereocenters. The zero-order valence-corrected chi connectivity index (χ0v) is 14.7. The molecule has 1 fully saturated rings. The normalized spacial score (nSPS) is 18.0. The molecule has 0 spiro atoms. The molecule has 0 bridgehead atoms. The lowest BCUT2D eigenvalue weighted by molar-refractivity contribution is 0.222. The number of sulfonamides is 1. The highest BCUT2D eigenvalue weighted by Crippen LogP contribution is 2.21. The third kappa shape index (κ3) is 4.21. The highest BCUT2D eigenvalue weighted by atomic mass is 32.2. The first-order valence-corrected chi connectivity index (χ1v) is 9.08. The first-order chi connectivity index (χ1) is 11.0. The van der Waals surface area contributed by atoms with Crippen molar-refractivity contribution in [1.82, 2.24) is 19.8 Å². The fourth-order valence-corrected chi connectivity index (χ4v) is 4.17. The first-order valence-electron chi connectivity index (χ1n) is 7.64. The van der Waals surface area contributed by atoms with Gasteiger partial charge in [0.2, 0.25) is 10.0 Å². The number of piperazine rings is 1. The SMILES string of the molecule is CN=C(NC)NCc1ccccc1S(=O)(=O)N1CCN(C)CC1. The summed E-state index contributed by atoms with van der Waals surface area (Å²) in [4.78, 5) is 6.54. The molecule has 128 valence electrons. The zero-order chi connectivity index (χ0) is 16.9. The van der Waals surface area contributed by atoms with E-state index < -0.39 is 10.0 Å². The Bertz CT molecular complexity index is 652. The van der Waals surface area contributed by atoms with Crippen molar-refractivity contribution in [2.45, 2.75) is 11.4 Å². The maximum absolute atomic E-state index is 12.9. The predicted molar refractivity (Wildman–Crippen MR) is 92.0 cm³/mol. The van der Waals surface area contributed by atoms with E-state index in [-0.39, 0.29) is 0 Å². The Balaban J connectivity index is 2.21. The number of hydrogen-bond acceptors (Lipinski definition) is 4. The van der Waals surface area contributed by atoms with Crippen LogP contribution in [0, 0.1) is 0 Å². The Morgan fingerprint density at radius 2 is 1.87 bits per heavy atom. The van der Waals surface area contributed by atoms with Gasteiger partial charge in [-0.15, -0.1) is 0 Å². The molecular formula is C15H25N5O2S.